The van der Waals surface area contributed by atoms with Gasteiger partial charge in [-0.05, 0) is 30.3 Å². The Morgan fingerprint density at radius 2 is 2.07 bits per heavy atom. The van der Waals surface area contributed by atoms with Crippen LogP contribution in [-0.4, -0.2) is 45.7 Å². The van der Waals surface area contributed by atoms with Crippen molar-refractivity contribution < 1.29 is 14.4 Å². The first kappa shape index (κ1) is 19.0. The zero-order valence-electron chi connectivity index (χ0n) is 15.2. The maximum absolute atomic E-state index is 12.4. The van der Waals surface area contributed by atoms with Crippen LogP contribution in [0.25, 0.3) is 0 Å². The Morgan fingerprint density at radius 1 is 1.30 bits per heavy atom. The molecule has 0 aromatic heterocycles. The Balaban J connectivity index is 1.54. The average Bonchev–Trinajstić information content (AvgIpc) is 2.69. The number of quaternary nitrogens is 1. The van der Waals surface area contributed by atoms with Gasteiger partial charge in [0.15, 0.2) is 6.54 Å². The van der Waals surface area contributed by atoms with Crippen LogP contribution in [0, 0.1) is 11.3 Å². The van der Waals surface area contributed by atoms with Gasteiger partial charge in [0, 0.05) is 16.8 Å². The number of hydrogen-bond donors (Lipinski definition) is 2. The number of nitrogens with one attached hydrogen (secondary N) is 2. The Kier molecular flexibility index (Phi) is 6.17. The fraction of sp³-hybridized carbons (Fsp3) is 0.300. The maximum Gasteiger partial charge on any atom is 0.279 e. The van der Waals surface area contributed by atoms with E-state index >= 15 is 0 Å². The lowest BCUT2D eigenvalue weighted by Gasteiger charge is -2.33. The molecule has 0 saturated carbocycles. The number of benzene rings is 2. The summed E-state index contributed by atoms with van der Waals surface area (Å²) in [5.41, 5.74) is 2.01. The van der Waals surface area contributed by atoms with E-state index < -0.39 is 0 Å². The Labute approximate surface area is 163 Å². The highest BCUT2D eigenvalue weighted by Gasteiger charge is 2.23. The van der Waals surface area contributed by atoms with E-state index in [1.54, 1.807) is 25.3 Å². The van der Waals surface area contributed by atoms with Gasteiger partial charge in [0.25, 0.3) is 5.91 Å². The first-order chi connectivity index (χ1) is 13.1. The summed E-state index contributed by atoms with van der Waals surface area (Å²) in [6, 6.07) is 14.9. The molecule has 3 rings (SSSR count). The van der Waals surface area contributed by atoms with E-state index in [2.05, 4.69) is 22.4 Å². The molecule has 1 fully saturated rings. The molecular weight excluding hydrogens is 364 g/mol. The second-order valence-electron chi connectivity index (χ2n) is 6.47. The highest BCUT2D eigenvalue weighted by Crippen LogP contribution is 2.21. The Bertz CT molecular complexity index is 857. The molecule has 2 N–H and O–H groups in total. The summed E-state index contributed by atoms with van der Waals surface area (Å²) in [5, 5.41) is 12.5. The van der Waals surface area contributed by atoms with Crippen LogP contribution in [0.2, 0.25) is 5.02 Å². The van der Waals surface area contributed by atoms with Crippen LogP contribution in [0.4, 0.5) is 11.4 Å². The van der Waals surface area contributed by atoms with Crippen molar-refractivity contribution in [3.05, 3.63) is 53.1 Å². The molecule has 7 heteroatoms. The van der Waals surface area contributed by atoms with Gasteiger partial charge in [-0.1, -0.05) is 17.7 Å². The third-order valence-electron chi connectivity index (χ3n) is 4.68. The summed E-state index contributed by atoms with van der Waals surface area (Å²) in [6.07, 6.45) is 0. The van der Waals surface area contributed by atoms with Gasteiger partial charge in [-0.3, -0.25) is 4.79 Å². The summed E-state index contributed by atoms with van der Waals surface area (Å²) in [4.78, 5) is 15.9. The molecule has 27 heavy (non-hydrogen) atoms. The van der Waals surface area contributed by atoms with Crippen LogP contribution in [0.3, 0.4) is 0 Å². The highest BCUT2D eigenvalue weighted by molar-refractivity contribution is 6.31. The molecule has 0 bridgehead atoms. The molecule has 0 radical (unpaired) electrons. The number of piperazine rings is 1. The van der Waals surface area contributed by atoms with Crippen molar-refractivity contribution >= 4 is 28.9 Å². The molecule has 2 aromatic rings. The number of anilines is 2. The summed E-state index contributed by atoms with van der Waals surface area (Å²) in [5.74, 6) is 0.732. The molecule has 0 unspecified atom stereocenters. The van der Waals surface area contributed by atoms with E-state index in [-0.39, 0.29) is 5.91 Å². The van der Waals surface area contributed by atoms with Gasteiger partial charge in [-0.15, -0.1) is 0 Å². The first-order valence-electron chi connectivity index (χ1n) is 8.81. The van der Waals surface area contributed by atoms with Crippen molar-refractivity contribution in [3.63, 3.8) is 0 Å². The number of halogens is 1. The lowest BCUT2D eigenvalue weighted by molar-refractivity contribution is -0.892. The molecule has 1 aliphatic rings. The van der Waals surface area contributed by atoms with Gasteiger partial charge in [0.05, 0.1) is 44.5 Å². The predicted octanol–water partition coefficient (Wildman–Crippen LogP) is 1.56. The molecule has 1 heterocycles. The SMILES string of the molecule is COc1cccc(N2CC[NH+](CC(=O)Nc3cc(Cl)ccc3C#N)CC2)c1. The quantitative estimate of drug-likeness (QED) is 0.819. The van der Waals surface area contributed by atoms with Crippen LogP contribution >= 0.6 is 11.6 Å². The molecule has 1 saturated heterocycles. The molecule has 140 valence electrons. The van der Waals surface area contributed by atoms with Gasteiger partial charge >= 0.3 is 0 Å². The number of carbonyl (C=O) groups is 1. The average molecular weight is 386 g/mol. The number of nitriles is 1. The van der Waals surface area contributed by atoms with Gasteiger partial charge in [-0.25, -0.2) is 0 Å². The number of carbonyl (C=O) groups excluding carboxylic acids is 1. The van der Waals surface area contributed by atoms with E-state index in [4.69, 9.17) is 21.6 Å². The predicted molar refractivity (Wildman–Crippen MR) is 106 cm³/mol. The molecule has 1 aliphatic heterocycles. The lowest BCUT2D eigenvalue weighted by atomic mass is 10.2. The minimum atomic E-state index is -0.112. The Hall–Kier alpha value is -2.75. The fourth-order valence-electron chi connectivity index (χ4n) is 3.20. The van der Waals surface area contributed by atoms with Gasteiger partial charge in [0.1, 0.15) is 11.8 Å². The van der Waals surface area contributed by atoms with Crippen molar-refractivity contribution in [3.8, 4) is 11.8 Å². The third kappa shape index (κ3) is 4.91. The van der Waals surface area contributed by atoms with E-state index in [9.17, 15) is 4.79 Å². The standard InChI is InChI=1S/C20H21ClN4O2/c1-27-18-4-2-3-17(12-18)25-9-7-24(8-10-25)14-20(26)23-19-11-16(21)6-5-15(19)13-22/h2-6,11-12H,7-10,14H2,1H3,(H,23,26)/p+1. The third-order valence-corrected chi connectivity index (χ3v) is 4.91. The molecule has 0 spiro atoms. The molecule has 6 nitrogen and oxygen atoms in total. The second kappa shape index (κ2) is 8.76. The second-order valence-corrected chi connectivity index (χ2v) is 6.90. The normalized spacial score (nSPS) is 14.5. The largest absolute Gasteiger partial charge is 0.497 e. The van der Waals surface area contributed by atoms with Crippen molar-refractivity contribution in [2.75, 3.05) is 50.1 Å². The van der Waals surface area contributed by atoms with Crippen LogP contribution in [0.5, 0.6) is 5.75 Å². The number of hydrogen-bond acceptors (Lipinski definition) is 4. The smallest absolute Gasteiger partial charge is 0.279 e. The maximum atomic E-state index is 12.4. The van der Waals surface area contributed by atoms with Crippen molar-refractivity contribution in [1.29, 1.82) is 5.26 Å². The Morgan fingerprint density at radius 3 is 2.78 bits per heavy atom. The topological polar surface area (TPSA) is 69.8 Å². The lowest BCUT2D eigenvalue weighted by Crippen LogP contribution is -3.15. The van der Waals surface area contributed by atoms with Crippen molar-refractivity contribution in [2.24, 2.45) is 0 Å². The van der Waals surface area contributed by atoms with Gasteiger partial charge in [-0.2, -0.15) is 5.26 Å². The summed E-state index contributed by atoms with van der Waals surface area (Å²) >= 11 is 5.96. The van der Waals surface area contributed by atoms with E-state index in [1.165, 1.54) is 4.90 Å². The minimum Gasteiger partial charge on any atom is -0.497 e. The molecular formula is C20H22ClN4O2+. The zero-order chi connectivity index (χ0) is 19.2. The van der Waals surface area contributed by atoms with Gasteiger partial charge < -0.3 is 19.9 Å². The van der Waals surface area contributed by atoms with Crippen LogP contribution < -0.4 is 19.9 Å². The molecule has 2 aromatic carbocycles. The van der Waals surface area contributed by atoms with E-state index in [0.29, 0.717) is 22.8 Å². The van der Waals surface area contributed by atoms with Crippen LogP contribution in [0.15, 0.2) is 42.5 Å². The van der Waals surface area contributed by atoms with Crippen LogP contribution in [-0.2, 0) is 4.79 Å². The summed E-state index contributed by atoms with van der Waals surface area (Å²) in [7, 11) is 1.66. The van der Waals surface area contributed by atoms with E-state index in [1.807, 2.05) is 18.2 Å². The van der Waals surface area contributed by atoms with Crippen LogP contribution in [0.1, 0.15) is 5.56 Å². The van der Waals surface area contributed by atoms with Crippen molar-refractivity contribution in [2.45, 2.75) is 0 Å². The fourth-order valence-corrected chi connectivity index (χ4v) is 3.38. The highest BCUT2D eigenvalue weighted by atomic mass is 35.5. The molecule has 0 aliphatic carbocycles. The van der Waals surface area contributed by atoms with Gasteiger partial charge in [0.2, 0.25) is 0 Å². The monoisotopic (exact) mass is 385 g/mol. The number of rotatable bonds is 5. The van der Waals surface area contributed by atoms with E-state index in [0.717, 1.165) is 37.6 Å². The zero-order valence-corrected chi connectivity index (χ0v) is 15.9. The first-order valence-corrected chi connectivity index (χ1v) is 9.19. The van der Waals surface area contributed by atoms with Crippen molar-refractivity contribution in [1.82, 2.24) is 0 Å². The number of nitrogens with zero attached hydrogens (tertiary/aromatic N) is 2. The molecule has 1 amide bonds. The number of amides is 1. The molecule has 0 atom stereocenters. The summed E-state index contributed by atoms with van der Waals surface area (Å²) in [6.45, 7) is 3.84. The number of methoxy groups -OCH3 is 1. The minimum absolute atomic E-state index is 0.112. The number of ether oxygens (including phenoxy) is 1. The summed E-state index contributed by atoms with van der Waals surface area (Å²) < 4.78 is 5.29.